The van der Waals surface area contributed by atoms with Gasteiger partial charge in [-0.05, 0) is 24.3 Å². The van der Waals surface area contributed by atoms with Crippen molar-refractivity contribution in [2.24, 2.45) is 5.10 Å². The highest BCUT2D eigenvalue weighted by molar-refractivity contribution is 6.01. The van der Waals surface area contributed by atoms with Crippen molar-refractivity contribution in [3.05, 3.63) is 53.9 Å². The van der Waals surface area contributed by atoms with Crippen molar-refractivity contribution in [2.75, 3.05) is 14.2 Å². The second-order valence-corrected chi connectivity index (χ2v) is 4.79. The van der Waals surface area contributed by atoms with E-state index in [9.17, 15) is 0 Å². The van der Waals surface area contributed by atoms with E-state index >= 15 is 0 Å². The van der Waals surface area contributed by atoms with Crippen LogP contribution in [0.3, 0.4) is 0 Å². The molecule has 5 nitrogen and oxygen atoms in total. The van der Waals surface area contributed by atoms with Crippen LogP contribution in [0.4, 0.5) is 0 Å². The fourth-order valence-electron chi connectivity index (χ4n) is 2.45. The maximum absolute atomic E-state index is 5.44. The van der Waals surface area contributed by atoms with Crippen LogP contribution in [0.1, 0.15) is 23.6 Å². The van der Waals surface area contributed by atoms with Crippen LogP contribution in [0, 0.1) is 0 Å². The van der Waals surface area contributed by atoms with E-state index in [1.54, 1.807) is 20.4 Å². The van der Waals surface area contributed by atoms with Gasteiger partial charge in [0, 0.05) is 29.9 Å². The summed E-state index contributed by atoms with van der Waals surface area (Å²) in [5.41, 5.74) is 6.25. The van der Waals surface area contributed by atoms with Gasteiger partial charge >= 0.3 is 0 Å². The van der Waals surface area contributed by atoms with Gasteiger partial charge in [0.2, 0.25) is 0 Å². The van der Waals surface area contributed by atoms with Gasteiger partial charge < -0.3 is 14.9 Å². The van der Waals surface area contributed by atoms with Crippen molar-refractivity contribution in [1.29, 1.82) is 0 Å². The number of aromatic nitrogens is 1. The quantitative estimate of drug-likeness (QED) is 0.937. The number of ether oxygens (including phenoxy) is 2. The summed E-state index contributed by atoms with van der Waals surface area (Å²) in [6, 6.07) is 9.79. The van der Waals surface area contributed by atoms with Gasteiger partial charge in [0.1, 0.15) is 11.5 Å². The first-order valence-electron chi connectivity index (χ1n) is 6.76. The molecule has 1 aromatic heterocycles. The van der Waals surface area contributed by atoms with Crippen LogP contribution in [0.2, 0.25) is 0 Å². The fourth-order valence-corrected chi connectivity index (χ4v) is 2.45. The van der Waals surface area contributed by atoms with E-state index in [0.29, 0.717) is 0 Å². The zero-order chi connectivity index (χ0) is 14.7. The Morgan fingerprint density at radius 1 is 1.19 bits per heavy atom. The molecule has 2 aromatic rings. The van der Waals surface area contributed by atoms with Crippen molar-refractivity contribution in [3.8, 4) is 11.5 Å². The van der Waals surface area contributed by atoms with Gasteiger partial charge in [0.05, 0.1) is 26.0 Å². The van der Waals surface area contributed by atoms with E-state index < -0.39 is 0 Å². The third kappa shape index (κ3) is 2.67. The van der Waals surface area contributed by atoms with Gasteiger partial charge in [0.15, 0.2) is 0 Å². The van der Waals surface area contributed by atoms with Crippen LogP contribution < -0.4 is 14.9 Å². The highest BCUT2D eigenvalue weighted by Crippen LogP contribution is 2.33. The van der Waals surface area contributed by atoms with Crippen molar-refractivity contribution >= 4 is 5.71 Å². The molecule has 0 radical (unpaired) electrons. The molecule has 21 heavy (non-hydrogen) atoms. The van der Waals surface area contributed by atoms with E-state index in [1.807, 2.05) is 36.5 Å². The summed E-state index contributed by atoms with van der Waals surface area (Å²) in [7, 11) is 3.33. The molecular formula is C16H17N3O2. The summed E-state index contributed by atoms with van der Waals surface area (Å²) in [5, 5.41) is 4.42. The Morgan fingerprint density at radius 3 is 2.81 bits per heavy atom. The predicted molar refractivity (Wildman–Crippen MR) is 80.8 cm³/mol. The van der Waals surface area contributed by atoms with Gasteiger partial charge in [-0.1, -0.05) is 6.07 Å². The summed E-state index contributed by atoms with van der Waals surface area (Å²) in [4.78, 5) is 4.13. The SMILES string of the molecule is COc1ccc(OC)c(C2CC(c3cccnc3)=NN2)c1. The first-order valence-corrected chi connectivity index (χ1v) is 6.76. The van der Waals surface area contributed by atoms with Crippen molar-refractivity contribution < 1.29 is 9.47 Å². The van der Waals surface area contributed by atoms with Gasteiger partial charge in [0.25, 0.3) is 0 Å². The lowest BCUT2D eigenvalue weighted by atomic mass is 9.99. The molecule has 0 saturated carbocycles. The molecular weight excluding hydrogens is 266 g/mol. The van der Waals surface area contributed by atoms with Crippen LogP contribution in [0.5, 0.6) is 11.5 Å². The fraction of sp³-hybridized carbons (Fsp3) is 0.250. The average molecular weight is 283 g/mol. The smallest absolute Gasteiger partial charge is 0.124 e. The first-order chi connectivity index (χ1) is 10.3. The molecule has 1 aliphatic heterocycles. The highest BCUT2D eigenvalue weighted by Gasteiger charge is 2.24. The number of hydrogen-bond donors (Lipinski definition) is 1. The number of nitrogens with one attached hydrogen (secondary N) is 1. The summed E-state index contributed by atoms with van der Waals surface area (Å²) in [6.45, 7) is 0. The minimum atomic E-state index is 0.0743. The zero-order valence-electron chi connectivity index (χ0n) is 12.0. The van der Waals surface area contributed by atoms with Gasteiger partial charge in [-0.2, -0.15) is 5.10 Å². The maximum atomic E-state index is 5.44. The summed E-state index contributed by atoms with van der Waals surface area (Å²) in [6.07, 6.45) is 4.37. The van der Waals surface area contributed by atoms with Gasteiger partial charge in [-0.15, -0.1) is 0 Å². The Morgan fingerprint density at radius 2 is 2.10 bits per heavy atom. The minimum Gasteiger partial charge on any atom is -0.497 e. The molecule has 1 aromatic carbocycles. The molecule has 0 bridgehead atoms. The third-order valence-corrected chi connectivity index (χ3v) is 3.56. The second-order valence-electron chi connectivity index (χ2n) is 4.79. The molecule has 5 heteroatoms. The molecule has 108 valence electrons. The summed E-state index contributed by atoms with van der Waals surface area (Å²) >= 11 is 0. The Balaban J connectivity index is 1.84. The van der Waals surface area contributed by atoms with Crippen molar-refractivity contribution in [2.45, 2.75) is 12.5 Å². The molecule has 1 aliphatic rings. The monoisotopic (exact) mass is 283 g/mol. The number of pyridine rings is 1. The largest absolute Gasteiger partial charge is 0.497 e. The molecule has 1 unspecified atom stereocenters. The molecule has 0 amide bonds. The second kappa shape index (κ2) is 5.83. The standard InChI is InChI=1S/C16H17N3O2/c1-20-12-5-6-16(21-2)13(8-12)15-9-14(18-19-15)11-4-3-7-17-10-11/h3-8,10,15,19H,9H2,1-2H3. The topological polar surface area (TPSA) is 55.7 Å². The Kier molecular flexibility index (Phi) is 3.73. The highest BCUT2D eigenvalue weighted by atomic mass is 16.5. The summed E-state index contributed by atoms with van der Waals surface area (Å²) < 4.78 is 10.7. The lowest BCUT2D eigenvalue weighted by molar-refractivity contribution is 0.392. The molecule has 1 N–H and O–H groups in total. The van der Waals surface area contributed by atoms with E-state index in [-0.39, 0.29) is 6.04 Å². The van der Waals surface area contributed by atoms with Crippen molar-refractivity contribution in [1.82, 2.24) is 10.4 Å². The Bertz CT molecular complexity index is 656. The molecule has 1 atom stereocenters. The van der Waals surface area contributed by atoms with Crippen LogP contribution in [0.15, 0.2) is 47.8 Å². The first kappa shape index (κ1) is 13.4. The predicted octanol–water partition coefficient (Wildman–Crippen LogP) is 2.54. The summed E-state index contributed by atoms with van der Waals surface area (Å²) in [5.74, 6) is 1.64. The average Bonchev–Trinajstić information content (AvgIpc) is 3.05. The molecule has 0 spiro atoms. The number of rotatable bonds is 4. The normalized spacial score (nSPS) is 17.0. The minimum absolute atomic E-state index is 0.0743. The number of hydrogen-bond acceptors (Lipinski definition) is 5. The molecule has 0 fully saturated rings. The van der Waals surface area contributed by atoms with E-state index in [4.69, 9.17) is 9.47 Å². The van der Waals surface area contributed by atoms with E-state index in [0.717, 1.165) is 34.8 Å². The van der Waals surface area contributed by atoms with E-state index in [2.05, 4.69) is 15.5 Å². The molecule has 0 aliphatic carbocycles. The van der Waals surface area contributed by atoms with Gasteiger partial charge in [-0.25, -0.2) is 0 Å². The van der Waals surface area contributed by atoms with Crippen molar-refractivity contribution in [3.63, 3.8) is 0 Å². The maximum Gasteiger partial charge on any atom is 0.124 e. The van der Waals surface area contributed by atoms with Crippen LogP contribution in [0.25, 0.3) is 0 Å². The number of nitrogens with zero attached hydrogens (tertiary/aromatic N) is 2. The number of hydrazone groups is 1. The Hall–Kier alpha value is -2.56. The lowest BCUT2D eigenvalue weighted by Crippen LogP contribution is -2.11. The lowest BCUT2D eigenvalue weighted by Gasteiger charge is -2.15. The number of methoxy groups -OCH3 is 2. The molecule has 3 rings (SSSR count). The van der Waals surface area contributed by atoms with E-state index in [1.165, 1.54) is 0 Å². The zero-order valence-corrected chi connectivity index (χ0v) is 12.0. The van der Waals surface area contributed by atoms with Crippen LogP contribution in [-0.2, 0) is 0 Å². The molecule has 2 heterocycles. The van der Waals surface area contributed by atoms with Crippen LogP contribution >= 0.6 is 0 Å². The van der Waals surface area contributed by atoms with Gasteiger partial charge in [-0.3, -0.25) is 4.98 Å². The molecule has 0 saturated heterocycles. The third-order valence-electron chi connectivity index (χ3n) is 3.56. The Labute approximate surface area is 123 Å². The van der Waals surface area contributed by atoms with Crippen LogP contribution in [-0.4, -0.2) is 24.9 Å². The number of benzene rings is 1.